The SMILES string of the molecule is Cc1oc(S(=O)(=O)N(C)C)cc1C(=O)N[C@@H]1CC[C@H](C(=O)O)C1. The van der Waals surface area contributed by atoms with Crippen LogP contribution in [0.2, 0.25) is 0 Å². The maximum absolute atomic E-state index is 12.3. The van der Waals surface area contributed by atoms with E-state index in [-0.39, 0.29) is 22.5 Å². The molecule has 1 fully saturated rings. The molecule has 2 rings (SSSR count). The second-order valence-corrected chi connectivity index (χ2v) is 7.92. The maximum atomic E-state index is 12.3. The number of carboxylic acid groups (broad SMARTS) is 1. The van der Waals surface area contributed by atoms with Crippen molar-refractivity contribution in [2.45, 2.75) is 37.3 Å². The first-order chi connectivity index (χ1) is 10.6. The summed E-state index contributed by atoms with van der Waals surface area (Å²) in [5.74, 6) is -1.56. The Morgan fingerprint density at radius 2 is 2.00 bits per heavy atom. The minimum absolute atomic E-state index is 0.143. The smallest absolute Gasteiger partial charge is 0.306 e. The van der Waals surface area contributed by atoms with Crippen LogP contribution in [0.15, 0.2) is 15.6 Å². The number of rotatable bonds is 5. The molecule has 0 aromatic carbocycles. The zero-order valence-electron chi connectivity index (χ0n) is 13.2. The summed E-state index contributed by atoms with van der Waals surface area (Å²) in [6, 6.07) is 0.968. The first kappa shape index (κ1) is 17.5. The molecule has 2 N–H and O–H groups in total. The van der Waals surface area contributed by atoms with Crippen LogP contribution in [0.5, 0.6) is 0 Å². The van der Waals surface area contributed by atoms with Crippen molar-refractivity contribution in [2.24, 2.45) is 5.92 Å². The zero-order chi connectivity index (χ0) is 17.4. The van der Waals surface area contributed by atoms with Gasteiger partial charge in [-0.15, -0.1) is 0 Å². The van der Waals surface area contributed by atoms with Crippen LogP contribution in [-0.2, 0) is 14.8 Å². The monoisotopic (exact) mass is 344 g/mol. The van der Waals surface area contributed by atoms with Crippen LogP contribution in [0.25, 0.3) is 0 Å². The Labute approximate surface area is 134 Å². The molecule has 2 atom stereocenters. The summed E-state index contributed by atoms with van der Waals surface area (Å²) in [6.07, 6.45) is 1.48. The Balaban J connectivity index is 2.12. The number of carbonyl (C=O) groups is 2. The molecule has 0 radical (unpaired) electrons. The molecular weight excluding hydrogens is 324 g/mol. The van der Waals surface area contributed by atoms with Gasteiger partial charge in [0, 0.05) is 26.2 Å². The average molecular weight is 344 g/mol. The average Bonchev–Trinajstić information content (AvgIpc) is 3.05. The van der Waals surface area contributed by atoms with E-state index in [2.05, 4.69) is 5.32 Å². The molecule has 0 bridgehead atoms. The number of hydrogen-bond acceptors (Lipinski definition) is 5. The number of aliphatic carboxylic acids is 1. The molecule has 8 nitrogen and oxygen atoms in total. The lowest BCUT2D eigenvalue weighted by molar-refractivity contribution is -0.141. The van der Waals surface area contributed by atoms with Crippen LogP contribution in [0.4, 0.5) is 0 Å². The third kappa shape index (κ3) is 3.56. The Bertz CT molecular complexity index is 722. The number of aryl methyl sites for hydroxylation is 1. The largest absolute Gasteiger partial charge is 0.481 e. The van der Waals surface area contributed by atoms with E-state index < -0.39 is 27.8 Å². The summed E-state index contributed by atoms with van der Waals surface area (Å²) >= 11 is 0. The van der Waals surface area contributed by atoms with Gasteiger partial charge >= 0.3 is 5.97 Å². The molecule has 128 valence electrons. The highest BCUT2D eigenvalue weighted by atomic mass is 32.2. The van der Waals surface area contributed by atoms with Crippen LogP contribution < -0.4 is 5.32 Å². The van der Waals surface area contributed by atoms with E-state index in [1.165, 1.54) is 27.1 Å². The fourth-order valence-corrected chi connectivity index (χ4v) is 3.44. The zero-order valence-corrected chi connectivity index (χ0v) is 14.0. The number of sulfonamides is 1. The number of carboxylic acids is 1. The number of furan rings is 1. The lowest BCUT2D eigenvalue weighted by atomic mass is 10.1. The molecule has 1 saturated carbocycles. The highest BCUT2D eigenvalue weighted by molar-refractivity contribution is 7.88. The first-order valence-electron chi connectivity index (χ1n) is 7.19. The van der Waals surface area contributed by atoms with Gasteiger partial charge in [-0.25, -0.2) is 12.7 Å². The number of nitrogens with one attached hydrogen (secondary N) is 1. The number of hydrogen-bond donors (Lipinski definition) is 2. The maximum Gasteiger partial charge on any atom is 0.306 e. The molecule has 0 aliphatic heterocycles. The van der Waals surface area contributed by atoms with E-state index in [1.54, 1.807) is 0 Å². The van der Waals surface area contributed by atoms with Gasteiger partial charge in [0.1, 0.15) is 5.76 Å². The summed E-state index contributed by atoms with van der Waals surface area (Å²) in [5, 5.41) is 11.4. The van der Waals surface area contributed by atoms with E-state index in [9.17, 15) is 18.0 Å². The highest BCUT2D eigenvalue weighted by Gasteiger charge is 2.32. The van der Waals surface area contributed by atoms with E-state index in [0.29, 0.717) is 19.3 Å². The van der Waals surface area contributed by atoms with Crippen molar-refractivity contribution < 1.29 is 27.5 Å². The minimum Gasteiger partial charge on any atom is -0.481 e. The Morgan fingerprint density at radius 3 is 2.52 bits per heavy atom. The van der Waals surface area contributed by atoms with Crippen molar-refractivity contribution in [1.82, 2.24) is 9.62 Å². The normalized spacial score (nSPS) is 21.6. The van der Waals surface area contributed by atoms with Gasteiger partial charge in [-0.3, -0.25) is 9.59 Å². The van der Waals surface area contributed by atoms with Crippen molar-refractivity contribution in [2.75, 3.05) is 14.1 Å². The molecule has 0 saturated heterocycles. The summed E-state index contributed by atoms with van der Waals surface area (Å²) in [6.45, 7) is 1.51. The predicted molar refractivity (Wildman–Crippen MR) is 80.5 cm³/mol. The van der Waals surface area contributed by atoms with E-state index in [1.807, 2.05) is 0 Å². The molecular formula is C14H20N2O6S. The Morgan fingerprint density at radius 1 is 1.35 bits per heavy atom. The predicted octanol–water partition coefficient (Wildman–Crippen LogP) is 0.821. The minimum atomic E-state index is -3.75. The summed E-state index contributed by atoms with van der Waals surface area (Å²) in [7, 11) is -1.01. The van der Waals surface area contributed by atoms with Crippen LogP contribution in [0, 0.1) is 12.8 Å². The van der Waals surface area contributed by atoms with Gasteiger partial charge in [0.25, 0.3) is 15.9 Å². The lowest BCUT2D eigenvalue weighted by Crippen LogP contribution is -2.33. The van der Waals surface area contributed by atoms with Crippen LogP contribution in [0.1, 0.15) is 35.4 Å². The standard InChI is InChI=1S/C14H20N2O6S/c1-8-11(7-12(22-8)23(20,21)16(2)3)13(17)15-10-5-4-9(6-10)14(18)19/h7,9-10H,4-6H2,1-3H3,(H,15,17)(H,18,19)/t9-,10+/m0/s1. The van der Waals surface area contributed by atoms with E-state index in [4.69, 9.17) is 9.52 Å². The molecule has 0 spiro atoms. The van der Waals surface area contributed by atoms with Crippen LogP contribution in [-0.4, -0.2) is 49.8 Å². The van der Waals surface area contributed by atoms with Crippen molar-refractivity contribution in [3.05, 3.63) is 17.4 Å². The van der Waals surface area contributed by atoms with Crippen molar-refractivity contribution >= 4 is 21.9 Å². The van der Waals surface area contributed by atoms with Gasteiger partial charge in [0.15, 0.2) is 0 Å². The molecule has 9 heteroatoms. The van der Waals surface area contributed by atoms with E-state index in [0.717, 1.165) is 4.31 Å². The second kappa shape index (κ2) is 6.32. The highest BCUT2D eigenvalue weighted by Crippen LogP contribution is 2.27. The molecule has 23 heavy (non-hydrogen) atoms. The third-order valence-electron chi connectivity index (χ3n) is 3.99. The van der Waals surface area contributed by atoms with Crippen molar-refractivity contribution in [1.29, 1.82) is 0 Å². The van der Waals surface area contributed by atoms with Gasteiger partial charge in [-0.1, -0.05) is 0 Å². The molecule has 1 aromatic heterocycles. The van der Waals surface area contributed by atoms with Gasteiger partial charge in [-0.05, 0) is 26.2 Å². The van der Waals surface area contributed by atoms with E-state index >= 15 is 0 Å². The number of amides is 1. The van der Waals surface area contributed by atoms with Crippen LogP contribution in [0.3, 0.4) is 0 Å². The Hall–Kier alpha value is -1.87. The van der Waals surface area contributed by atoms with Gasteiger partial charge in [-0.2, -0.15) is 0 Å². The van der Waals surface area contributed by atoms with Crippen LogP contribution >= 0.6 is 0 Å². The fraction of sp³-hybridized carbons (Fsp3) is 0.571. The second-order valence-electron chi connectivity index (χ2n) is 5.84. The molecule has 1 aromatic rings. The molecule has 1 aliphatic rings. The summed E-state index contributed by atoms with van der Waals surface area (Å²) in [4.78, 5) is 23.2. The quantitative estimate of drug-likeness (QED) is 0.817. The summed E-state index contributed by atoms with van der Waals surface area (Å²) in [5.41, 5.74) is 0.143. The number of nitrogens with zero attached hydrogens (tertiary/aromatic N) is 1. The van der Waals surface area contributed by atoms with Crippen molar-refractivity contribution in [3.8, 4) is 0 Å². The number of carbonyl (C=O) groups excluding carboxylic acids is 1. The molecule has 1 heterocycles. The molecule has 1 amide bonds. The molecule has 0 unspecified atom stereocenters. The van der Waals surface area contributed by atoms with Gasteiger partial charge < -0.3 is 14.8 Å². The third-order valence-corrected chi connectivity index (χ3v) is 5.66. The first-order valence-corrected chi connectivity index (χ1v) is 8.63. The van der Waals surface area contributed by atoms with Gasteiger partial charge in [0.05, 0.1) is 11.5 Å². The lowest BCUT2D eigenvalue weighted by Gasteiger charge is -2.11. The summed E-state index contributed by atoms with van der Waals surface area (Å²) < 4.78 is 30.2. The molecule has 1 aliphatic carbocycles. The van der Waals surface area contributed by atoms with Crippen molar-refractivity contribution in [3.63, 3.8) is 0 Å². The Kier molecular flexibility index (Phi) is 4.81. The fourth-order valence-electron chi connectivity index (χ4n) is 2.59. The van der Waals surface area contributed by atoms with Gasteiger partial charge in [0.2, 0.25) is 5.09 Å². The topological polar surface area (TPSA) is 117 Å².